The van der Waals surface area contributed by atoms with Gasteiger partial charge in [0.25, 0.3) is 0 Å². The molecule has 0 saturated heterocycles. The normalized spacial score (nSPS) is 21.4. The fourth-order valence-corrected chi connectivity index (χ4v) is 3.89. The van der Waals surface area contributed by atoms with E-state index in [1.165, 1.54) is 25.7 Å². The summed E-state index contributed by atoms with van der Waals surface area (Å²) in [6, 6.07) is 2.60. The summed E-state index contributed by atoms with van der Waals surface area (Å²) < 4.78 is 0. The van der Waals surface area contributed by atoms with Crippen molar-refractivity contribution in [3.63, 3.8) is 0 Å². The highest BCUT2D eigenvalue weighted by Crippen LogP contribution is 2.38. The third-order valence-corrected chi connectivity index (χ3v) is 5.28. The van der Waals surface area contributed by atoms with Crippen LogP contribution in [-0.2, 0) is 0 Å². The zero-order valence-electron chi connectivity index (χ0n) is 13.1. The monoisotopic (exact) mass is 304 g/mol. The van der Waals surface area contributed by atoms with E-state index in [0.717, 1.165) is 28.5 Å². The molecule has 0 aliphatic heterocycles. The van der Waals surface area contributed by atoms with E-state index in [-0.39, 0.29) is 0 Å². The Morgan fingerprint density at radius 2 is 2.19 bits per heavy atom. The first kappa shape index (κ1) is 14.6. The number of anilines is 2. The van der Waals surface area contributed by atoms with Gasteiger partial charge in [0, 0.05) is 12.6 Å². The van der Waals surface area contributed by atoms with Gasteiger partial charge >= 0.3 is 0 Å². The number of thiophene rings is 1. The van der Waals surface area contributed by atoms with E-state index in [1.807, 2.05) is 0 Å². The van der Waals surface area contributed by atoms with Crippen molar-refractivity contribution in [2.24, 2.45) is 5.41 Å². The largest absolute Gasteiger partial charge is 0.366 e. The molecule has 4 nitrogen and oxygen atoms in total. The molecular formula is C16H24N4S. The Hall–Kier alpha value is -1.36. The van der Waals surface area contributed by atoms with Gasteiger partial charge in [0.1, 0.15) is 10.6 Å². The molecule has 1 aliphatic carbocycles. The molecule has 21 heavy (non-hydrogen) atoms. The van der Waals surface area contributed by atoms with E-state index in [9.17, 15) is 0 Å². The molecule has 3 rings (SSSR count). The predicted octanol–water partition coefficient (Wildman–Crippen LogP) is 4.50. The molecule has 1 atom stereocenters. The SMILES string of the molecule is CCNc1nc(NC2CCCCC2(C)C)c2ccsc2n1. The third-order valence-electron chi connectivity index (χ3n) is 4.48. The number of nitrogens with one attached hydrogen (secondary N) is 2. The molecule has 1 aliphatic rings. The zero-order chi connectivity index (χ0) is 14.9. The lowest BCUT2D eigenvalue weighted by Crippen LogP contribution is -2.39. The Morgan fingerprint density at radius 3 is 2.95 bits per heavy atom. The van der Waals surface area contributed by atoms with Gasteiger partial charge in [-0.25, -0.2) is 4.98 Å². The molecule has 1 unspecified atom stereocenters. The number of hydrogen-bond donors (Lipinski definition) is 2. The predicted molar refractivity (Wildman–Crippen MR) is 91.2 cm³/mol. The standard InChI is InChI=1S/C16H24N4S/c1-4-17-15-19-13(11-8-10-21-14(11)20-15)18-12-7-5-6-9-16(12,2)3/h8,10,12H,4-7,9H2,1-3H3,(H2,17,18,19,20). The van der Waals surface area contributed by atoms with Gasteiger partial charge in [-0.1, -0.05) is 26.7 Å². The third kappa shape index (κ3) is 2.98. The topological polar surface area (TPSA) is 49.8 Å². The van der Waals surface area contributed by atoms with Crippen molar-refractivity contribution >= 4 is 33.3 Å². The summed E-state index contributed by atoms with van der Waals surface area (Å²) in [7, 11) is 0. The lowest BCUT2D eigenvalue weighted by atomic mass is 9.73. The van der Waals surface area contributed by atoms with Gasteiger partial charge in [0.05, 0.1) is 5.39 Å². The Kier molecular flexibility index (Phi) is 4.02. The average Bonchev–Trinajstić information content (AvgIpc) is 2.90. The Balaban J connectivity index is 1.93. The van der Waals surface area contributed by atoms with Crippen molar-refractivity contribution < 1.29 is 0 Å². The van der Waals surface area contributed by atoms with E-state index >= 15 is 0 Å². The fourth-order valence-electron chi connectivity index (χ4n) is 3.13. The Labute approximate surface area is 130 Å². The van der Waals surface area contributed by atoms with Gasteiger partial charge in [-0.2, -0.15) is 4.98 Å². The molecule has 1 saturated carbocycles. The molecule has 5 heteroatoms. The average molecular weight is 304 g/mol. The van der Waals surface area contributed by atoms with Crippen molar-refractivity contribution in [2.45, 2.75) is 52.5 Å². The molecule has 2 aromatic rings. The Bertz CT molecular complexity index is 620. The maximum absolute atomic E-state index is 4.70. The molecule has 0 bridgehead atoms. The Morgan fingerprint density at radius 1 is 1.33 bits per heavy atom. The van der Waals surface area contributed by atoms with Gasteiger partial charge in [-0.15, -0.1) is 11.3 Å². The fraction of sp³-hybridized carbons (Fsp3) is 0.625. The second-order valence-electron chi connectivity index (χ2n) is 6.50. The van der Waals surface area contributed by atoms with E-state index in [1.54, 1.807) is 11.3 Å². The second kappa shape index (κ2) is 5.79. The highest BCUT2D eigenvalue weighted by molar-refractivity contribution is 7.16. The number of fused-ring (bicyclic) bond motifs is 1. The van der Waals surface area contributed by atoms with Crippen LogP contribution in [-0.4, -0.2) is 22.6 Å². The first-order chi connectivity index (χ1) is 10.1. The van der Waals surface area contributed by atoms with Crippen LogP contribution in [0.2, 0.25) is 0 Å². The van der Waals surface area contributed by atoms with E-state index in [2.05, 4.69) is 47.8 Å². The van der Waals surface area contributed by atoms with Crippen LogP contribution in [0.15, 0.2) is 11.4 Å². The van der Waals surface area contributed by atoms with Crippen LogP contribution in [0.1, 0.15) is 46.5 Å². The molecule has 0 spiro atoms. The molecular weight excluding hydrogens is 280 g/mol. The van der Waals surface area contributed by atoms with Crippen molar-refractivity contribution in [1.82, 2.24) is 9.97 Å². The molecule has 0 radical (unpaired) electrons. The van der Waals surface area contributed by atoms with Crippen LogP contribution in [0.5, 0.6) is 0 Å². The summed E-state index contributed by atoms with van der Waals surface area (Å²) in [4.78, 5) is 10.3. The van der Waals surface area contributed by atoms with E-state index in [4.69, 9.17) is 4.98 Å². The van der Waals surface area contributed by atoms with Gasteiger partial charge in [-0.3, -0.25) is 0 Å². The number of nitrogens with zero attached hydrogens (tertiary/aromatic N) is 2. The summed E-state index contributed by atoms with van der Waals surface area (Å²) in [6.07, 6.45) is 5.15. The highest BCUT2D eigenvalue weighted by atomic mass is 32.1. The molecule has 0 aromatic carbocycles. The summed E-state index contributed by atoms with van der Waals surface area (Å²) >= 11 is 1.67. The molecule has 114 valence electrons. The number of hydrogen-bond acceptors (Lipinski definition) is 5. The maximum atomic E-state index is 4.70. The lowest BCUT2D eigenvalue weighted by molar-refractivity contribution is 0.217. The van der Waals surface area contributed by atoms with Gasteiger partial charge < -0.3 is 10.6 Å². The van der Waals surface area contributed by atoms with Crippen molar-refractivity contribution in [1.29, 1.82) is 0 Å². The number of aromatic nitrogens is 2. The van der Waals surface area contributed by atoms with Crippen LogP contribution in [0.25, 0.3) is 10.2 Å². The summed E-state index contributed by atoms with van der Waals surface area (Å²) in [5.74, 6) is 1.71. The van der Waals surface area contributed by atoms with Crippen molar-refractivity contribution in [3.05, 3.63) is 11.4 Å². The summed E-state index contributed by atoms with van der Waals surface area (Å²) in [5.41, 5.74) is 0.323. The van der Waals surface area contributed by atoms with Gasteiger partial charge in [-0.05, 0) is 36.6 Å². The lowest BCUT2D eigenvalue weighted by Gasteiger charge is -2.39. The minimum Gasteiger partial charge on any atom is -0.366 e. The molecule has 0 amide bonds. The number of rotatable bonds is 4. The van der Waals surface area contributed by atoms with Crippen LogP contribution in [0, 0.1) is 5.41 Å². The van der Waals surface area contributed by atoms with Crippen LogP contribution >= 0.6 is 11.3 Å². The second-order valence-corrected chi connectivity index (χ2v) is 7.39. The maximum Gasteiger partial charge on any atom is 0.226 e. The first-order valence-electron chi connectivity index (χ1n) is 7.86. The van der Waals surface area contributed by atoms with E-state index in [0.29, 0.717) is 11.5 Å². The van der Waals surface area contributed by atoms with Crippen LogP contribution in [0.4, 0.5) is 11.8 Å². The van der Waals surface area contributed by atoms with Crippen LogP contribution in [0.3, 0.4) is 0 Å². The van der Waals surface area contributed by atoms with Crippen molar-refractivity contribution in [2.75, 3.05) is 17.2 Å². The first-order valence-corrected chi connectivity index (χ1v) is 8.74. The molecule has 2 aromatic heterocycles. The quantitative estimate of drug-likeness (QED) is 0.873. The van der Waals surface area contributed by atoms with Gasteiger partial charge in [0.2, 0.25) is 5.95 Å². The summed E-state index contributed by atoms with van der Waals surface area (Å²) in [5, 5.41) is 10.2. The zero-order valence-corrected chi connectivity index (χ0v) is 13.9. The molecule has 1 fully saturated rings. The van der Waals surface area contributed by atoms with E-state index < -0.39 is 0 Å². The van der Waals surface area contributed by atoms with Crippen LogP contribution < -0.4 is 10.6 Å². The summed E-state index contributed by atoms with van der Waals surface area (Å²) in [6.45, 7) is 7.63. The minimum atomic E-state index is 0.323. The smallest absolute Gasteiger partial charge is 0.226 e. The minimum absolute atomic E-state index is 0.323. The van der Waals surface area contributed by atoms with Gasteiger partial charge in [0.15, 0.2) is 0 Å². The highest BCUT2D eigenvalue weighted by Gasteiger charge is 2.32. The molecule has 2 heterocycles. The van der Waals surface area contributed by atoms with Crippen molar-refractivity contribution in [3.8, 4) is 0 Å². The molecule has 2 N–H and O–H groups in total.